The predicted molar refractivity (Wildman–Crippen MR) is 90.2 cm³/mol. The van der Waals surface area contributed by atoms with Crippen molar-refractivity contribution in [3.8, 4) is 0 Å². The number of nitrogens with zero attached hydrogens (tertiary/aromatic N) is 3. The number of hydrogen-bond donors (Lipinski definition) is 1. The van der Waals surface area contributed by atoms with Gasteiger partial charge in [0.1, 0.15) is 0 Å². The SMILES string of the molecule is CCNCc1csc(N2CCC(N3CCCCC3)CC2)n1. The van der Waals surface area contributed by atoms with Crippen LogP contribution in [0.25, 0.3) is 0 Å². The summed E-state index contributed by atoms with van der Waals surface area (Å²) in [6.07, 6.45) is 6.86. The van der Waals surface area contributed by atoms with E-state index in [0.29, 0.717) is 0 Å². The summed E-state index contributed by atoms with van der Waals surface area (Å²) in [6.45, 7) is 9.05. The first-order valence-corrected chi connectivity index (χ1v) is 9.39. The molecule has 1 aromatic rings. The van der Waals surface area contributed by atoms with Gasteiger partial charge in [-0.1, -0.05) is 13.3 Å². The molecule has 0 saturated carbocycles. The van der Waals surface area contributed by atoms with E-state index in [1.54, 1.807) is 11.3 Å². The van der Waals surface area contributed by atoms with Crippen LogP contribution >= 0.6 is 11.3 Å². The van der Waals surface area contributed by atoms with Crippen LogP contribution in [0.4, 0.5) is 5.13 Å². The second-order valence-electron chi connectivity index (χ2n) is 6.22. The van der Waals surface area contributed by atoms with Crippen LogP contribution in [0.2, 0.25) is 0 Å². The third-order valence-electron chi connectivity index (χ3n) is 4.74. The molecule has 2 aliphatic heterocycles. The maximum absolute atomic E-state index is 4.78. The Bertz CT molecular complexity index is 420. The van der Waals surface area contributed by atoms with Crippen molar-refractivity contribution < 1.29 is 0 Å². The quantitative estimate of drug-likeness (QED) is 0.906. The standard InChI is InChI=1S/C16H28N4S/c1-2-17-12-14-13-21-16(18-14)20-10-6-15(7-11-20)19-8-4-3-5-9-19/h13,15,17H,2-12H2,1H3. The van der Waals surface area contributed by atoms with Gasteiger partial charge in [-0.25, -0.2) is 4.98 Å². The molecule has 2 aliphatic rings. The van der Waals surface area contributed by atoms with Gasteiger partial charge in [0.05, 0.1) is 5.69 Å². The molecule has 4 nitrogen and oxygen atoms in total. The van der Waals surface area contributed by atoms with Crippen molar-refractivity contribution in [2.24, 2.45) is 0 Å². The molecule has 5 heteroatoms. The number of hydrogen-bond acceptors (Lipinski definition) is 5. The average Bonchev–Trinajstić information content (AvgIpc) is 3.03. The third-order valence-corrected chi connectivity index (χ3v) is 5.69. The Morgan fingerprint density at radius 2 is 1.95 bits per heavy atom. The first-order chi connectivity index (χ1) is 10.4. The summed E-state index contributed by atoms with van der Waals surface area (Å²) in [6, 6.07) is 0.822. The molecule has 0 amide bonds. The van der Waals surface area contributed by atoms with E-state index in [4.69, 9.17) is 4.98 Å². The van der Waals surface area contributed by atoms with E-state index < -0.39 is 0 Å². The van der Waals surface area contributed by atoms with Crippen LogP contribution < -0.4 is 10.2 Å². The molecule has 0 spiro atoms. The topological polar surface area (TPSA) is 31.4 Å². The fourth-order valence-corrected chi connectivity index (χ4v) is 4.36. The van der Waals surface area contributed by atoms with Crippen LogP contribution in [-0.2, 0) is 6.54 Å². The van der Waals surface area contributed by atoms with Crippen LogP contribution in [0.5, 0.6) is 0 Å². The number of piperidine rings is 2. The van der Waals surface area contributed by atoms with Crippen molar-refractivity contribution in [1.82, 2.24) is 15.2 Å². The van der Waals surface area contributed by atoms with E-state index >= 15 is 0 Å². The molecule has 1 N–H and O–H groups in total. The fourth-order valence-electron chi connectivity index (χ4n) is 3.48. The summed E-state index contributed by atoms with van der Waals surface area (Å²) in [7, 11) is 0. The molecule has 0 aliphatic carbocycles. The molecule has 0 radical (unpaired) electrons. The lowest BCUT2D eigenvalue weighted by molar-refractivity contribution is 0.141. The van der Waals surface area contributed by atoms with Gasteiger partial charge in [0.25, 0.3) is 0 Å². The molecule has 0 atom stereocenters. The van der Waals surface area contributed by atoms with E-state index in [9.17, 15) is 0 Å². The zero-order valence-electron chi connectivity index (χ0n) is 13.2. The van der Waals surface area contributed by atoms with E-state index in [0.717, 1.165) is 19.1 Å². The Hall–Kier alpha value is -0.650. The third kappa shape index (κ3) is 3.96. The Labute approximate surface area is 132 Å². The Balaban J connectivity index is 1.49. The van der Waals surface area contributed by atoms with Gasteiger partial charge in [0, 0.05) is 31.1 Å². The van der Waals surface area contributed by atoms with E-state index in [2.05, 4.69) is 27.4 Å². The van der Waals surface area contributed by atoms with Crippen LogP contribution in [0, 0.1) is 0 Å². The largest absolute Gasteiger partial charge is 0.348 e. The molecule has 0 unspecified atom stereocenters. The van der Waals surface area contributed by atoms with Gasteiger partial charge in [0.2, 0.25) is 0 Å². The molecule has 0 aromatic carbocycles. The van der Waals surface area contributed by atoms with Crippen LogP contribution in [0.15, 0.2) is 5.38 Å². The van der Waals surface area contributed by atoms with Gasteiger partial charge in [-0.15, -0.1) is 11.3 Å². The molecule has 21 heavy (non-hydrogen) atoms. The first-order valence-electron chi connectivity index (χ1n) is 8.51. The fraction of sp³-hybridized carbons (Fsp3) is 0.812. The van der Waals surface area contributed by atoms with Crippen molar-refractivity contribution in [2.75, 3.05) is 37.6 Å². The molecule has 2 fully saturated rings. The van der Waals surface area contributed by atoms with E-state index in [-0.39, 0.29) is 0 Å². The normalized spacial score (nSPS) is 21.9. The van der Waals surface area contributed by atoms with Gasteiger partial charge in [0.15, 0.2) is 5.13 Å². The van der Waals surface area contributed by atoms with Crippen molar-refractivity contribution in [1.29, 1.82) is 0 Å². The number of rotatable bonds is 5. The molecule has 3 rings (SSSR count). The average molecular weight is 308 g/mol. The molecular formula is C16H28N4S. The zero-order valence-corrected chi connectivity index (χ0v) is 14.0. The lowest BCUT2D eigenvalue weighted by atomic mass is 10.0. The molecule has 2 saturated heterocycles. The van der Waals surface area contributed by atoms with E-state index in [1.807, 2.05) is 0 Å². The lowest BCUT2D eigenvalue weighted by Crippen LogP contribution is -2.46. The molecule has 118 valence electrons. The maximum Gasteiger partial charge on any atom is 0.185 e. The first kappa shape index (κ1) is 15.3. The van der Waals surface area contributed by atoms with Gasteiger partial charge >= 0.3 is 0 Å². The predicted octanol–water partition coefficient (Wildman–Crippen LogP) is 2.71. The highest BCUT2D eigenvalue weighted by Crippen LogP contribution is 2.27. The maximum atomic E-state index is 4.78. The summed E-state index contributed by atoms with van der Waals surface area (Å²) in [5.41, 5.74) is 1.19. The van der Waals surface area contributed by atoms with Crippen LogP contribution in [0.1, 0.15) is 44.7 Å². The highest BCUT2D eigenvalue weighted by atomic mass is 32.1. The van der Waals surface area contributed by atoms with Gasteiger partial charge in [-0.2, -0.15) is 0 Å². The number of aromatic nitrogens is 1. The summed E-state index contributed by atoms with van der Waals surface area (Å²) < 4.78 is 0. The lowest BCUT2D eigenvalue weighted by Gasteiger charge is -2.40. The van der Waals surface area contributed by atoms with E-state index in [1.165, 1.54) is 69.1 Å². The summed E-state index contributed by atoms with van der Waals surface area (Å²) in [4.78, 5) is 10.00. The summed E-state index contributed by atoms with van der Waals surface area (Å²) >= 11 is 1.80. The second kappa shape index (κ2) is 7.56. The van der Waals surface area contributed by atoms with Crippen molar-refractivity contribution >= 4 is 16.5 Å². The smallest absolute Gasteiger partial charge is 0.185 e. The van der Waals surface area contributed by atoms with Gasteiger partial charge in [-0.3, -0.25) is 0 Å². The van der Waals surface area contributed by atoms with Crippen molar-refractivity contribution in [3.05, 3.63) is 11.1 Å². The van der Waals surface area contributed by atoms with Crippen LogP contribution in [-0.4, -0.2) is 48.6 Å². The monoisotopic (exact) mass is 308 g/mol. The van der Waals surface area contributed by atoms with Gasteiger partial charge < -0.3 is 15.1 Å². The summed E-state index contributed by atoms with van der Waals surface area (Å²) in [5, 5.41) is 6.78. The van der Waals surface area contributed by atoms with Crippen LogP contribution in [0.3, 0.4) is 0 Å². The molecule has 3 heterocycles. The number of thiazole rings is 1. The minimum atomic E-state index is 0.822. The Morgan fingerprint density at radius 3 is 2.67 bits per heavy atom. The Kier molecular flexibility index (Phi) is 5.49. The minimum absolute atomic E-state index is 0.822. The highest BCUT2D eigenvalue weighted by molar-refractivity contribution is 7.13. The molecule has 0 bridgehead atoms. The van der Waals surface area contributed by atoms with Gasteiger partial charge in [-0.05, 0) is 45.3 Å². The number of anilines is 1. The Morgan fingerprint density at radius 1 is 1.19 bits per heavy atom. The molecule has 1 aromatic heterocycles. The van der Waals surface area contributed by atoms with Crippen molar-refractivity contribution in [2.45, 2.75) is 51.6 Å². The van der Waals surface area contributed by atoms with Crippen molar-refractivity contribution in [3.63, 3.8) is 0 Å². The highest BCUT2D eigenvalue weighted by Gasteiger charge is 2.26. The number of likely N-dealkylation sites (tertiary alicyclic amines) is 1. The molecular weight excluding hydrogens is 280 g/mol. The minimum Gasteiger partial charge on any atom is -0.348 e. The number of nitrogens with one attached hydrogen (secondary N) is 1. The summed E-state index contributed by atoms with van der Waals surface area (Å²) in [5.74, 6) is 0. The second-order valence-corrected chi connectivity index (χ2v) is 7.05. The zero-order chi connectivity index (χ0) is 14.5.